The summed E-state index contributed by atoms with van der Waals surface area (Å²) in [7, 11) is 0. The Bertz CT molecular complexity index is 514. The monoisotopic (exact) mass is 376 g/mol. The van der Waals surface area contributed by atoms with E-state index in [0.717, 1.165) is 30.6 Å². The average Bonchev–Trinajstić information content (AvgIpc) is 2.72. The van der Waals surface area contributed by atoms with E-state index < -0.39 is 0 Å². The van der Waals surface area contributed by atoms with Gasteiger partial charge in [0.25, 0.3) is 0 Å². The molecule has 1 saturated heterocycles. The maximum Gasteiger partial charge on any atom is 0.183 e. The minimum absolute atomic E-state index is 0.217. The Morgan fingerprint density at radius 1 is 0.815 bits per heavy atom. The third kappa shape index (κ3) is 6.57. The molecule has 27 heavy (non-hydrogen) atoms. The molecular weight excluding hydrogens is 339 g/mol. The maximum atomic E-state index is 13.1. The van der Waals surface area contributed by atoms with Crippen LogP contribution >= 0.6 is 0 Å². The molecule has 0 atom stereocenters. The van der Waals surface area contributed by atoms with E-state index in [1.165, 1.54) is 82.8 Å². The van der Waals surface area contributed by atoms with Crippen molar-refractivity contribution in [3.8, 4) is 0 Å². The molecular formula is C24H37FO2. The average molecular weight is 377 g/mol. The van der Waals surface area contributed by atoms with Gasteiger partial charge in [0.15, 0.2) is 6.29 Å². The summed E-state index contributed by atoms with van der Waals surface area (Å²) in [6, 6.07) is 6.46. The first-order chi connectivity index (χ1) is 13.3. The van der Waals surface area contributed by atoms with E-state index in [2.05, 4.69) is 6.92 Å². The van der Waals surface area contributed by atoms with Gasteiger partial charge in [-0.25, -0.2) is 4.39 Å². The van der Waals surface area contributed by atoms with Crippen LogP contribution in [-0.4, -0.2) is 13.2 Å². The van der Waals surface area contributed by atoms with Crippen LogP contribution in [0.1, 0.15) is 89.4 Å². The van der Waals surface area contributed by atoms with Gasteiger partial charge in [-0.3, -0.25) is 0 Å². The second kappa shape index (κ2) is 11.2. The van der Waals surface area contributed by atoms with Crippen molar-refractivity contribution in [3.05, 3.63) is 35.6 Å². The van der Waals surface area contributed by atoms with Crippen molar-refractivity contribution in [2.24, 2.45) is 17.8 Å². The number of halogens is 1. The lowest BCUT2D eigenvalue weighted by Crippen LogP contribution is -2.34. The highest BCUT2D eigenvalue weighted by Crippen LogP contribution is 2.38. The van der Waals surface area contributed by atoms with E-state index >= 15 is 0 Å². The van der Waals surface area contributed by atoms with Gasteiger partial charge in [-0.15, -0.1) is 0 Å². The second-order valence-corrected chi connectivity index (χ2v) is 8.65. The first-order valence-corrected chi connectivity index (χ1v) is 11.2. The molecule has 1 aromatic rings. The molecule has 0 aromatic heterocycles. The van der Waals surface area contributed by atoms with Gasteiger partial charge >= 0.3 is 0 Å². The summed E-state index contributed by atoms with van der Waals surface area (Å²) in [5, 5.41) is 0. The molecule has 152 valence electrons. The maximum absolute atomic E-state index is 13.1. The number of hydrogen-bond donors (Lipinski definition) is 0. The standard InChI is InChI=1S/C24H37FO2/c1-2-3-4-5-6-7-8-19-9-11-20(12-10-19)22-17-26-24(27-18-22)21-13-15-23(25)16-14-21/h13-16,19-20,22,24H,2-12,17-18H2,1H3/t19-,20-,22-,24-. The van der Waals surface area contributed by atoms with Crippen molar-refractivity contribution in [1.29, 1.82) is 0 Å². The molecule has 1 aliphatic carbocycles. The summed E-state index contributed by atoms with van der Waals surface area (Å²) in [6.07, 6.45) is 15.0. The fourth-order valence-corrected chi connectivity index (χ4v) is 4.76. The zero-order chi connectivity index (χ0) is 18.9. The van der Waals surface area contributed by atoms with Gasteiger partial charge < -0.3 is 9.47 Å². The zero-order valence-corrected chi connectivity index (χ0v) is 17.0. The van der Waals surface area contributed by atoms with Crippen LogP contribution in [0.3, 0.4) is 0 Å². The van der Waals surface area contributed by atoms with E-state index in [9.17, 15) is 4.39 Å². The topological polar surface area (TPSA) is 18.5 Å². The van der Waals surface area contributed by atoms with Crippen LogP contribution in [0.2, 0.25) is 0 Å². The Hall–Kier alpha value is -0.930. The normalized spacial score (nSPS) is 29.0. The third-order valence-electron chi connectivity index (χ3n) is 6.59. The Morgan fingerprint density at radius 2 is 1.44 bits per heavy atom. The summed E-state index contributed by atoms with van der Waals surface area (Å²) in [6.45, 7) is 3.83. The first kappa shape index (κ1) is 20.8. The van der Waals surface area contributed by atoms with Gasteiger partial charge in [0, 0.05) is 11.5 Å². The highest BCUT2D eigenvalue weighted by Gasteiger charge is 2.32. The van der Waals surface area contributed by atoms with E-state index in [1.807, 2.05) is 0 Å². The van der Waals surface area contributed by atoms with Gasteiger partial charge in [0.05, 0.1) is 13.2 Å². The van der Waals surface area contributed by atoms with Crippen LogP contribution in [0, 0.1) is 23.6 Å². The van der Waals surface area contributed by atoms with Gasteiger partial charge in [-0.2, -0.15) is 0 Å². The fraction of sp³-hybridized carbons (Fsp3) is 0.750. The van der Waals surface area contributed by atoms with Gasteiger partial charge in [-0.05, 0) is 36.8 Å². The van der Waals surface area contributed by atoms with Crippen molar-refractivity contribution in [3.63, 3.8) is 0 Å². The molecule has 1 aliphatic heterocycles. The molecule has 0 radical (unpaired) electrons. The molecule has 3 heteroatoms. The highest BCUT2D eigenvalue weighted by molar-refractivity contribution is 5.17. The van der Waals surface area contributed by atoms with Crippen LogP contribution in [0.5, 0.6) is 0 Å². The lowest BCUT2D eigenvalue weighted by molar-refractivity contribution is -0.214. The zero-order valence-electron chi connectivity index (χ0n) is 17.0. The predicted molar refractivity (Wildman–Crippen MR) is 108 cm³/mol. The van der Waals surface area contributed by atoms with E-state index in [4.69, 9.17) is 9.47 Å². The lowest BCUT2D eigenvalue weighted by atomic mass is 9.74. The van der Waals surface area contributed by atoms with Crippen molar-refractivity contribution >= 4 is 0 Å². The predicted octanol–water partition coefficient (Wildman–Crippen LogP) is 7.04. The molecule has 1 heterocycles. The third-order valence-corrected chi connectivity index (χ3v) is 6.59. The van der Waals surface area contributed by atoms with Crippen LogP contribution in [0.4, 0.5) is 4.39 Å². The van der Waals surface area contributed by atoms with Crippen LogP contribution in [-0.2, 0) is 9.47 Å². The smallest absolute Gasteiger partial charge is 0.183 e. The lowest BCUT2D eigenvalue weighted by Gasteiger charge is -2.38. The van der Waals surface area contributed by atoms with Gasteiger partial charge in [0.2, 0.25) is 0 Å². The van der Waals surface area contributed by atoms with Crippen LogP contribution < -0.4 is 0 Å². The van der Waals surface area contributed by atoms with Crippen molar-refractivity contribution < 1.29 is 13.9 Å². The molecule has 2 fully saturated rings. The molecule has 0 amide bonds. The minimum atomic E-state index is -0.328. The van der Waals surface area contributed by atoms with E-state index in [-0.39, 0.29) is 12.1 Å². The Morgan fingerprint density at radius 3 is 2.11 bits per heavy atom. The van der Waals surface area contributed by atoms with E-state index in [0.29, 0.717) is 5.92 Å². The molecule has 3 rings (SSSR count). The molecule has 0 bridgehead atoms. The molecule has 0 unspecified atom stereocenters. The first-order valence-electron chi connectivity index (χ1n) is 11.2. The molecule has 2 aliphatic rings. The number of ether oxygens (including phenoxy) is 2. The SMILES string of the molecule is CCCCCCCC[C@H]1CC[C@H]([C@H]2CO[C@H](c3ccc(F)cc3)OC2)CC1. The Balaban J connectivity index is 1.31. The summed E-state index contributed by atoms with van der Waals surface area (Å²) >= 11 is 0. The largest absolute Gasteiger partial charge is 0.348 e. The van der Waals surface area contributed by atoms with Crippen molar-refractivity contribution in [2.75, 3.05) is 13.2 Å². The Labute approximate surface area is 164 Å². The highest BCUT2D eigenvalue weighted by atomic mass is 19.1. The molecule has 0 spiro atoms. The van der Waals surface area contributed by atoms with Crippen molar-refractivity contribution in [1.82, 2.24) is 0 Å². The molecule has 0 N–H and O–H groups in total. The summed E-state index contributed by atoms with van der Waals surface area (Å²) in [5.74, 6) is 2.01. The van der Waals surface area contributed by atoms with Crippen LogP contribution in [0.25, 0.3) is 0 Å². The van der Waals surface area contributed by atoms with Gasteiger partial charge in [0.1, 0.15) is 5.82 Å². The summed E-state index contributed by atoms with van der Waals surface area (Å²) in [4.78, 5) is 0. The number of rotatable bonds is 9. The number of hydrogen-bond acceptors (Lipinski definition) is 2. The quantitative estimate of drug-likeness (QED) is 0.430. The van der Waals surface area contributed by atoms with Gasteiger partial charge in [-0.1, -0.05) is 76.8 Å². The second-order valence-electron chi connectivity index (χ2n) is 8.65. The molecule has 1 aromatic carbocycles. The number of benzene rings is 1. The summed E-state index contributed by atoms with van der Waals surface area (Å²) in [5.41, 5.74) is 0.914. The Kier molecular flexibility index (Phi) is 8.60. The molecule has 1 saturated carbocycles. The molecule has 2 nitrogen and oxygen atoms in total. The van der Waals surface area contributed by atoms with E-state index in [1.54, 1.807) is 12.1 Å². The minimum Gasteiger partial charge on any atom is -0.348 e. The number of unbranched alkanes of at least 4 members (excludes halogenated alkanes) is 5. The van der Waals surface area contributed by atoms with Crippen molar-refractivity contribution in [2.45, 2.75) is 83.8 Å². The summed E-state index contributed by atoms with van der Waals surface area (Å²) < 4.78 is 25.0. The fourth-order valence-electron chi connectivity index (χ4n) is 4.76. The van der Waals surface area contributed by atoms with Crippen LogP contribution in [0.15, 0.2) is 24.3 Å².